The molecule has 1 fully saturated rings. The summed E-state index contributed by atoms with van der Waals surface area (Å²) in [7, 11) is 1.55. The lowest BCUT2D eigenvalue weighted by Crippen LogP contribution is -2.51. The van der Waals surface area contributed by atoms with Crippen LogP contribution < -0.4 is 14.8 Å². The van der Waals surface area contributed by atoms with E-state index in [1.165, 1.54) is 6.20 Å². The molecule has 5 rings (SSSR count). The van der Waals surface area contributed by atoms with Crippen molar-refractivity contribution in [1.82, 2.24) is 25.2 Å². The molecule has 4 aromatic rings. The van der Waals surface area contributed by atoms with Gasteiger partial charge in [-0.15, -0.1) is 24.8 Å². The minimum absolute atomic E-state index is 0. The number of halogens is 3. The molecule has 12 heteroatoms. The van der Waals surface area contributed by atoms with Gasteiger partial charge in [-0.2, -0.15) is 0 Å². The number of aliphatic hydroxyl groups is 1. The first-order valence-corrected chi connectivity index (χ1v) is 12.3. The molecule has 2 N–H and O–H groups in total. The highest BCUT2D eigenvalue weighted by molar-refractivity contribution is 7.15. The number of methoxy groups -OCH3 is 1. The van der Waals surface area contributed by atoms with Crippen LogP contribution in [0.1, 0.15) is 23.8 Å². The fourth-order valence-electron chi connectivity index (χ4n) is 4.58. The fraction of sp³-hybridized carbons (Fsp3) is 0.360. The molecular formula is C25H28Cl2FN5O3S. The lowest BCUT2D eigenvalue weighted by molar-refractivity contribution is 0.0339. The Hall–Kier alpha value is -2.47. The Morgan fingerprint density at radius 1 is 1.22 bits per heavy atom. The number of hydrogen-bond acceptors (Lipinski definition) is 9. The van der Waals surface area contributed by atoms with E-state index in [4.69, 9.17) is 4.74 Å². The fourth-order valence-corrected chi connectivity index (χ4v) is 5.26. The highest BCUT2D eigenvalue weighted by Gasteiger charge is 2.32. The minimum atomic E-state index is -1.08. The van der Waals surface area contributed by atoms with Crippen molar-refractivity contribution in [2.75, 3.05) is 26.7 Å². The highest BCUT2D eigenvalue weighted by Crippen LogP contribution is 2.28. The van der Waals surface area contributed by atoms with Crippen molar-refractivity contribution < 1.29 is 14.2 Å². The predicted molar refractivity (Wildman–Crippen MR) is 148 cm³/mol. The van der Waals surface area contributed by atoms with Crippen molar-refractivity contribution in [1.29, 1.82) is 0 Å². The molecule has 1 aromatic carbocycles. The summed E-state index contributed by atoms with van der Waals surface area (Å²) in [5.41, 5.74) is 2.65. The van der Waals surface area contributed by atoms with E-state index in [0.29, 0.717) is 52.5 Å². The number of pyridine rings is 2. The summed E-state index contributed by atoms with van der Waals surface area (Å²) in [4.78, 5) is 27.5. The number of ether oxygens (including phenoxy) is 1. The van der Waals surface area contributed by atoms with Crippen LogP contribution in [0.4, 0.5) is 4.39 Å². The Labute approximate surface area is 229 Å². The number of aromatic nitrogens is 3. The van der Waals surface area contributed by atoms with E-state index >= 15 is 4.39 Å². The number of aliphatic hydroxyl groups excluding tert-OH is 1. The molecule has 0 unspecified atom stereocenters. The summed E-state index contributed by atoms with van der Waals surface area (Å²) in [5, 5.41) is 15.3. The van der Waals surface area contributed by atoms with Gasteiger partial charge in [0.2, 0.25) is 5.88 Å². The van der Waals surface area contributed by atoms with Gasteiger partial charge in [0.05, 0.1) is 36.1 Å². The number of rotatable bonds is 7. The maximum atomic E-state index is 15.0. The number of hydrogen-bond donors (Lipinski definition) is 2. The standard InChI is InChI=1S/C25H26FN5O3S.2ClH/c1-34-22-8-5-15-3-2-4-17(24(15)30-22)21(32)14-31(20-9-10-27-11-18(20)26)13-16-6-7-19-25(29-16)35-23(33)12-28-19;;/h2-8,12,18,20-21,27,32H,9-11,13-14H2,1H3;2*1H/t18-,20+,21-;;/m0../s1. The number of benzene rings is 1. The molecule has 1 aliphatic heterocycles. The maximum absolute atomic E-state index is 15.0. The zero-order chi connectivity index (χ0) is 24.4. The molecule has 3 atom stereocenters. The van der Waals surface area contributed by atoms with Gasteiger partial charge < -0.3 is 15.2 Å². The molecular weight excluding hydrogens is 540 g/mol. The van der Waals surface area contributed by atoms with Gasteiger partial charge in [-0.1, -0.05) is 29.5 Å². The molecule has 0 radical (unpaired) electrons. The third-order valence-electron chi connectivity index (χ3n) is 6.31. The second kappa shape index (κ2) is 12.9. The summed E-state index contributed by atoms with van der Waals surface area (Å²) in [6.45, 7) is 1.49. The Morgan fingerprint density at radius 2 is 2.05 bits per heavy atom. The molecule has 37 heavy (non-hydrogen) atoms. The molecule has 0 spiro atoms. The lowest BCUT2D eigenvalue weighted by atomic mass is 9.99. The lowest BCUT2D eigenvalue weighted by Gasteiger charge is -2.37. The summed E-state index contributed by atoms with van der Waals surface area (Å²) in [5.74, 6) is 0.462. The van der Waals surface area contributed by atoms with Crippen LogP contribution in [0.2, 0.25) is 0 Å². The molecule has 3 aromatic heterocycles. The third kappa shape index (κ3) is 6.51. The first-order chi connectivity index (χ1) is 17.0. The molecule has 0 amide bonds. The van der Waals surface area contributed by atoms with Crippen molar-refractivity contribution in [2.24, 2.45) is 0 Å². The third-order valence-corrected chi connectivity index (χ3v) is 7.11. The van der Waals surface area contributed by atoms with Crippen molar-refractivity contribution in [2.45, 2.75) is 31.3 Å². The van der Waals surface area contributed by atoms with Gasteiger partial charge in [0.15, 0.2) is 0 Å². The number of nitrogens with one attached hydrogen (secondary N) is 1. The van der Waals surface area contributed by atoms with Crippen LogP contribution in [0.3, 0.4) is 0 Å². The molecule has 8 nitrogen and oxygen atoms in total. The van der Waals surface area contributed by atoms with Crippen molar-refractivity contribution in [3.05, 3.63) is 69.5 Å². The Kier molecular flexibility index (Phi) is 10.1. The number of nitrogens with zero attached hydrogens (tertiary/aromatic N) is 4. The number of para-hydroxylation sites is 1. The summed E-state index contributed by atoms with van der Waals surface area (Å²) >= 11 is 1.03. The molecule has 1 saturated heterocycles. The Balaban J connectivity index is 0.00000190. The van der Waals surface area contributed by atoms with E-state index in [0.717, 1.165) is 16.7 Å². The molecule has 198 valence electrons. The number of alkyl halides is 1. The average Bonchev–Trinajstić information content (AvgIpc) is 2.87. The van der Waals surface area contributed by atoms with Crippen LogP contribution in [-0.2, 0) is 6.54 Å². The Morgan fingerprint density at radius 3 is 2.84 bits per heavy atom. The maximum Gasteiger partial charge on any atom is 0.252 e. The SMILES string of the molecule is COc1ccc2cccc([C@@H](O)CN(Cc3ccc4ncc(=O)sc4n3)[C@@H]3CCNC[C@@H]3F)c2n1.Cl.Cl. The van der Waals surface area contributed by atoms with Gasteiger partial charge in [0.25, 0.3) is 4.74 Å². The van der Waals surface area contributed by atoms with Crippen LogP contribution in [0, 0.1) is 0 Å². The van der Waals surface area contributed by atoms with Crippen molar-refractivity contribution in [3.63, 3.8) is 0 Å². The van der Waals surface area contributed by atoms with E-state index in [1.807, 2.05) is 41.3 Å². The van der Waals surface area contributed by atoms with E-state index in [1.54, 1.807) is 13.2 Å². The molecule has 4 heterocycles. The first kappa shape index (κ1) is 29.1. The van der Waals surface area contributed by atoms with E-state index in [-0.39, 0.29) is 48.7 Å². The van der Waals surface area contributed by atoms with Crippen LogP contribution in [0.15, 0.2) is 53.5 Å². The second-order valence-corrected chi connectivity index (χ2v) is 9.59. The highest BCUT2D eigenvalue weighted by atomic mass is 35.5. The van der Waals surface area contributed by atoms with Gasteiger partial charge in [0, 0.05) is 42.7 Å². The quantitative estimate of drug-likeness (QED) is 0.349. The van der Waals surface area contributed by atoms with Gasteiger partial charge in [-0.3, -0.25) is 9.69 Å². The van der Waals surface area contributed by atoms with E-state index in [9.17, 15) is 9.90 Å². The summed E-state index contributed by atoms with van der Waals surface area (Å²) in [6.07, 6.45) is -0.0938. The molecule has 0 aliphatic carbocycles. The monoisotopic (exact) mass is 567 g/mol. The zero-order valence-corrected chi connectivity index (χ0v) is 22.5. The smallest absolute Gasteiger partial charge is 0.252 e. The second-order valence-electron chi connectivity index (χ2n) is 8.60. The normalized spacial score (nSPS) is 18.3. The minimum Gasteiger partial charge on any atom is -0.481 e. The van der Waals surface area contributed by atoms with E-state index < -0.39 is 12.3 Å². The summed E-state index contributed by atoms with van der Waals surface area (Å²) in [6, 6.07) is 12.6. The van der Waals surface area contributed by atoms with Crippen LogP contribution >= 0.6 is 36.2 Å². The average molecular weight is 569 g/mol. The van der Waals surface area contributed by atoms with Crippen molar-refractivity contribution >= 4 is 57.4 Å². The van der Waals surface area contributed by atoms with Gasteiger partial charge in [-0.25, -0.2) is 19.3 Å². The molecule has 0 bridgehead atoms. The van der Waals surface area contributed by atoms with Gasteiger partial charge >= 0.3 is 0 Å². The van der Waals surface area contributed by atoms with Crippen molar-refractivity contribution in [3.8, 4) is 5.88 Å². The number of piperidine rings is 1. The van der Waals surface area contributed by atoms with Crippen LogP contribution in [0.25, 0.3) is 21.3 Å². The number of fused-ring (bicyclic) bond motifs is 2. The zero-order valence-electron chi connectivity index (χ0n) is 20.0. The van der Waals surface area contributed by atoms with Crippen LogP contribution in [-0.4, -0.2) is 63.9 Å². The van der Waals surface area contributed by atoms with Gasteiger partial charge in [-0.05, 0) is 31.2 Å². The largest absolute Gasteiger partial charge is 0.481 e. The Bertz CT molecular complexity index is 1410. The van der Waals surface area contributed by atoms with Crippen LogP contribution in [0.5, 0.6) is 5.88 Å². The topological polar surface area (TPSA) is 100 Å². The molecule has 1 aliphatic rings. The van der Waals surface area contributed by atoms with E-state index in [2.05, 4.69) is 20.3 Å². The van der Waals surface area contributed by atoms with Gasteiger partial charge in [0.1, 0.15) is 11.0 Å². The molecule has 0 saturated carbocycles. The summed E-state index contributed by atoms with van der Waals surface area (Å²) < 4.78 is 20.1. The first-order valence-electron chi connectivity index (χ1n) is 11.5. The predicted octanol–water partition coefficient (Wildman–Crippen LogP) is 3.69.